The van der Waals surface area contributed by atoms with Gasteiger partial charge in [-0.15, -0.1) is 11.3 Å². The smallest absolute Gasteiger partial charge is 0.227 e. The number of benzene rings is 3. The molecule has 9 heteroatoms. The van der Waals surface area contributed by atoms with E-state index in [1.54, 1.807) is 17.5 Å². The lowest BCUT2D eigenvalue weighted by molar-refractivity contribution is 0.413. The van der Waals surface area contributed by atoms with Gasteiger partial charge in [0.2, 0.25) is 5.95 Å². The molecule has 0 aliphatic heterocycles. The van der Waals surface area contributed by atoms with Gasteiger partial charge in [0.05, 0.1) is 22.4 Å². The van der Waals surface area contributed by atoms with E-state index in [-0.39, 0.29) is 0 Å². The third kappa shape index (κ3) is 5.39. The fourth-order valence-corrected chi connectivity index (χ4v) is 5.87. The summed E-state index contributed by atoms with van der Waals surface area (Å²) in [7, 11) is 4.18. The zero-order chi connectivity index (χ0) is 28.5. The number of fused-ring (bicyclic) bond motifs is 2. The number of nitrogens with zero attached hydrogens (tertiary/aromatic N) is 6. The Morgan fingerprint density at radius 3 is 2.67 bits per heavy atom. The Labute approximate surface area is 247 Å². The van der Waals surface area contributed by atoms with Crippen molar-refractivity contribution in [2.45, 2.75) is 12.8 Å². The number of imidazole rings is 2. The molecule has 0 bridgehead atoms. The number of H-pyrrole nitrogens is 1. The SMILES string of the molecule is CN(C)CCc1cccc(Nc2nccc(-c3c(-c4ccc5nc(Cc6ccccc6)[nH]c5c4)nc4sccn34)n2)c1. The van der Waals surface area contributed by atoms with E-state index in [2.05, 4.69) is 99.3 Å². The lowest BCUT2D eigenvalue weighted by Crippen LogP contribution is -2.15. The highest BCUT2D eigenvalue weighted by atomic mass is 32.1. The molecule has 0 unspecified atom stereocenters. The molecule has 3 aromatic carbocycles. The van der Waals surface area contributed by atoms with Crippen LogP contribution in [0.15, 0.2) is 96.6 Å². The Morgan fingerprint density at radius 2 is 1.79 bits per heavy atom. The summed E-state index contributed by atoms with van der Waals surface area (Å²) >= 11 is 1.60. The van der Waals surface area contributed by atoms with Gasteiger partial charge in [0.15, 0.2) is 4.96 Å². The summed E-state index contributed by atoms with van der Waals surface area (Å²) in [5.41, 5.74) is 8.99. The van der Waals surface area contributed by atoms with Gasteiger partial charge in [-0.3, -0.25) is 4.40 Å². The van der Waals surface area contributed by atoms with Gasteiger partial charge in [0, 0.05) is 42.0 Å². The molecule has 0 saturated heterocycles. The van der Waals surface area contributed by atoms with Crippen molar-refractivity contribution in [1.29, 1.82) is 0 Å². The minimum atomic E-state index is 0.544. The third-order valence-corrected chi connectivity index (χ3v) is 7.97. The monoisotopic (exact) mass is 570 g/mol. The Bertz CT molecular complexity index is 1990. The number of thiazole rings is 1. The Hall–Kier alpha value is -4.86. The van der Waals surface area contributed by atoms with E-state index in [4.69, 9.17) is 15.0 Å². The second-order valence-corrected chi connectivity index (χ2v) is 11.5. The summed E-state index contributed by atoms with van der Waals surface area (Å²) in [6.07, 6.45) is 5.57. The summed E-state index contributed by atoms with van der Waals surface area (Å²) in [5, 5.41) is 5.45. The lowest BCUT2D eigenvalue weighted by atomic mass is 10.1. The molecular formula is C33H30N8S. The van der Waals surface area contributed by atoms with Crippen LogP contribution < -0.4 is 5.32 Å². The van der Waals surface area contributed by atoms with E-state index < -0.39 is 0 Å². The van der Waals surface area contributed by atoms with Crippen LogP contribution in [0.5, 0.6) is 0 Å². The van der Waals surface area contributed by atoms with Crippen LogP contribution in [0.4, 0.5) is 11.6 Å². The molecule has 0 spiro atoms. The van der Waals surface area contributed by atoms with Gasteiger partial charge in [-0.05, 0) is 62.0 Å². The minimum Gasteiger partial charge on any atom is -0.342 e. The molecule has 0 amide bonds. The first-order valence-electron chi connectivity index (χ1n) is 13.9. The number of hydrogen-bond donors (Lipinski definition) is 2. The second kappa shape index (κ2) is 11.2. The highest BCUT2D eigenvalue weighted by molar-refractivity contribution is 7.15. The number of likely N-dealkylation sites (N-methyl/N-ethyl adjacent to an activating group) is 1. The van der Waals surface area contributed by atoms with Crippen molar-refractivity contribution in [1.82, 2.24) is 34.2 Å². The highest BCUT2D eigenvalue weighted by Crippen LogP contribution is 2.35. The maximum atomic E-state index is 5.02. The molecule has 0 radical (unpaired) electrons. The Morgan fingerprint density at radius 1 is 0.905 bits per heavy atom. The van der Waals surface area contributed by atoms with Gasteiger partial charge in [-0.25, -0.2) is 19.9 Å². The largest absolute Gasteiger partial charge is 0.342 e. The molecular weight excluding hydrogens is 540 g/mol. The summed E-state index contributed by atoms with van der Waals surface area (Å²) < 4.78 is 2.10. The predicted molar refractivity (Wildman–Crippen MR) is 170 cm³/mol. The fraction of sp³-hybridized carbons (Fsp3) is 0.152. The molecule has 7 rings (SSSR count). The lowest BCUT2D eigenvalue weighted by Gasteiger charge is -2.11. The normalized spacial score (nSPS) is 11.6. The third-order valence-electron chi connectivity index (χ3n) is 7.21. The van der Waals surface area contributed by atoms with Crippen LogP contribution in [0.2, 0.25) is 0 Å². The number of rotatable bonds is 9. The Kier molecular flexibility index (Phi) is 6.95. The van der Waals surface area contributed by atoms with Crippen LogP contribution in [-0.4, -0.2) is 54.9 Å². The first-order valence-corrected chi connectivity index (χ1v) is 14.8. The van der Waals surface area contributed by atoms with Crippen LogP contribution in [0.1, 0.15) is 17.0 Å². The molecule has 7 aromatic rings. The molecule has 0 atom stereocenters. The van der Waals surface area contributed by atoms with Gasteiger partial charge < -0.3 is 15.2 Å². The quantitative estimate of drug-likeness (QED) is 0.198. The maximum absolute atomic E-state index is 5.02. The van der Waals surface area contributed by atoms with Gasteiger partial charge in [0.1, 0.15) is 11.5 Å². The van der Waals surface area contributed by atoms with Gasteiger partial charge >= 0.3 is 0 Å². The van der Waals surface area contributed by atoms with Gasteiger partial charge in [-0.1, -0.05) is 48.5 Å². The first kappa shape index (κ1) is 26.1. The van der Waals surface area contributed by atoms with Gasteiger partial charge in [-0.2, -0.15) is 0 Å². The average molecular weight is 571 g/mol. The summed E-state index contributed by atoms with van der Waals surface area (Å²) in [6.45, 7) is 0.995. The van der Waals surface area contributed by atoms with Crippen LogP contribution in [0.3, 0.4) is 0 Å². The number of nitrogens with one attached hydrogen (secondary N) is 2. The summed E-state index contributed by atoms with van der Waals surface area (Å²) in [4.78, 5) is 25.9. The molecule has 42 heavy (non-hydrogen) atoms. The fourth-order valence-electron chi connectivity index (χ4n) is 5.15. The number of hydrogen-bond acceptors (Lipinski definition) is 7. The molecule has 8 nitrogen and oxygen atoms in total. The topological polar surface area (TPSA) is 87.0 Å². The number of anilines is 2. The second-order valence-electron chi connectivity index (χ2n) is 10.6. The van der Waals surface area contributed by atoms with E-state index in [9.17, 15) is 0 Å². The molecule has 4 aromatic heterocycles. The van der Waals surface area contributed by atoms with Crippen LogP contribution in [-0.2, 0) is 12.8 Å². The molecule has 0 saturated carbocycles. The van der Waals surface area contributed by atoms with Crippen LogP contribution >= 0.6 is 11.3 Å². The maximum Gasteiger partial charge on any atom is 0.227 e. The highest BCUT2D eigenvalue weighted by Gasteiger charge is 2.19. The number of aromatic amines is 1. The van der Waals surface area contributed by atoms with E-state index in [0.717, 1.165) is 69.5 Å². The molecule has 208 valence electrons. The minimum absolute atomic E-state index is 0.544. The molecule has 0 aliphatic carbocycles. The van der Waals surface area contributed by atoms with Crippen molar-refractivity contribution in [3.63, 3.8) is 0 Å². The van der Waals surface area contributed by atoms with E-state index >= 15 is 0 Å². The van der Waals surface area contributed by atoms with Crippen molar-refractivity contribution >= 4 is 39.0 Å². The molecule has 0 aliphatic rings. The van der Waals surface area contributed by atoms with E-state index in [0.29, 0.717) is 5.95 Å². The molecule has 0 fully saturated rings. The van der Waals surface area contributed by atoms with Crippen LogP contribution in [0, 0.1) is 0 Å². The Balaban J connectivity index is 1.22. The zero-order valence-electron chi connectivity index (χ0n) is 23.5. The van der Waals surface area contributed by atoms with E-state index in [1.807, 2.05) is 29.8 Å². The van der Waals surface area contributed by atoms with E-state index in [1.165, 1.54) is 11.1 Å². The molecule has 2 N–H and O–H groups in total. The summed E-state index contributed by atoms with van der Waals surface area (Å²) in [5.74, 6) is 1.49. The zero-order valence-corrected chi connectivity index (χ0v) is 24.3. The van der Waals surface area contributed by atoms with Crippen LogP contribution in [0.25, 0.3) is 38.6 Å². The predicted octanol–water partition coefficient (Wildman–Crippen LogP) is 6.83. The van der Waals surface area contributed by atoms with Crippen molar-refractivity contribution in [3.05, 3.63) is 114 Å². The van der Waals surface area contributed by atoms with Crippen molar-refractivity contribution in [2.24, 2.45) is 0 Å². The summed E-state index contributed by atoms with van der Waals surface area (Å²) in [6, 6.07) is 27.0. The van der Waals surface area contributed by atoms with Crippen molar-refractivity contribution < 1.29 is 0 Å². The number of aromatic nitrogens is 6. The molecule has 4 heterocycles. The average Bonchev–Trinajstić information content (AvgIpc) is 3.71. The van der Waals surface area contributed by atoms with Crippen molar-refractivity contribution in [2.75, 3.05) is 26.0 Å². The van der Waals surface area contributed by atoms with Crippen molar-refractivity contribution in [3.8, 4) is 22.6 Å². The standard InChI is InChI=1S/C33H30N8S/c1-40(2)16-14-23-9-6-10-25(19-23)35-32-34-15-13-27(38-32)31-30(39-33-41(31)17-18-42-33)24-11-12-26-28(21-24)37-29(36-26)20-22-7-4-3-5-8-22/h3-13,15,17-19,21H,14,16,20H2,1-2H3,(H,36,37)(H,34,35,38). The first-order chi connectivity index (χ1) is 20.6. The van der Waals surface area contributed by atoms with Gasteiger partial charge in [0.25, 0.3) is 0 Å².